The fourth-order valence-corrected chi connectivity index (χ4v) is 3.10. The molecule has 1 fully saturated rings. The number of morpholine rings is 1. The first-order valence-electron chi connectivity index (χ1n) is 7.02. The van der Waals surface area contributed by atoms with E-state index in [1.165, 1.54) is 0 Å². The normalized spacial score (nSPS) is 15.0. The molecule has 2 heterocycles. The standard InChI is InChI=1S/C15H16ClN3O2S/c16-11-1-3-13(4-2-11)22-10-12-9-14(20)18-15(17-12)19-5-7-21-8-6-19/h1-4,9H,5-8,10H2,(H,17,18,20). The van der Waals surface area contributed by atoms with Crippen molar-refractivity contribution in [1.82, 2.24) is 9.97 Å². The minimum atomic E-state index is -0.122. The fourth-order valence-electron chi connectivity index (χ4n) is 2.18. The van der Waals surface area contributed by atoms with E-state index in [0.717, 1.165) is 23.7 Å². The Morgan fingerprint density at radius 3 is 2.73 bits per heavy atom. The lowest BCUT2D eigenvalue weighted by atomic mass is 10.4. The van der Waals surface area contributed by atoms with Crippen LogP contribution in [0.1, 0.15) is 5.69 Å². The average Bonchev–Trinajstić information content (AvgIpc) is 2.55. The van der Waals surface area contributed by atoms with Crippen LogP contribution in [0.5, 0.6) is 0 Å². The number of benzene rings is 1. The van der Waals surface area contributed by atoms with Crippen molar-refractivity contribution in [2.24, 2.45) is 0 Å². The van der Waals surface area contributed by atoms with Crippen molar-refractivity contribution in [3.8, 4) is 0 Å². The van der Waals surface area contributed by atoms with Crippen LogP contribution in [0.2, 0.25) is 5.02 Å². The Labute approximate surface area is 137 Å². The molecule has 2 aromatic rings. The predicted octanol–water partition coefficient (Wildman–Crippen LogP) is 2.55. The first-order valence-corrected chi connectivity index (χ1v) is 8.38. The maximum Gasteiger partial charge on any atom is 0.252 e. The molecule has 1 aliphatic rings. The Hall–Kier alpha value is -1.50. The summed E-state index contributed by atoms with van der Waals surface area (Å²) in [5.74, 6) is 1.27. The van der Waals surface area contributed by atoms with Crippen molar-refractivity contribution in [3.05, 3.63) is 51.4 Å². The van der Waals surface area contributed by atoms with Gasteiger partial charge in [0.1, 0.15) is 0 Å². The summed E-state index contributed by atoms with van der Waals surface area (Å²) in [4.78, 5) is 22.3. The van der Waals surface area contributed by atoms with Gasteiger partial charge in [-0.3, -0.25) is 9.78 Å². The van der Waals surface area contributed by atoms with Crippen LogP contribution in [0.4, 0.5) is 5.95 Å². The maximum atomic E-state index is 11.8. The molecule has 0 bridgehead atoms. The number of halogens is 1. The first-order chi connectivity index (χ1) is 10.7. The maximum absolute atomic E-state index is 11.8. The number of rotatable bonds is 4. The SMILES string of the molecule is O=c1cc(CSc2ccc(Cl)cc2)nc(N2CCOCC2)[nH]1. The van der Waals surface area contributed by atoms with Crippen LogP contribution in [0.3, 0.4) is 0 Å². The van der Waals surface area contributed by atoms with E-state index in [1.807, 2.05) is 29.2 Å². The highest BCUT2D eigenvalue weighted by Gasteiger charge is 2.14. The molecule has 1 saturated heterocycles. The van der Waals surface area contributed by atoms with Crippen molar-refractivity contribution in [3.63, 3.8) is 0 Å². The Bertz CT molecular complexity index is 684. The molecule has 1 aromatic heterocycles. The molecule has 0 aliphatic carbocycles. The molecule has 1 aromatic carbocycles. The highest BCUT2D eigenvalue weighted by molar-refractivity contribution is 7.98. The van der Waals surface area contributed by atoms with E-state index in [-0.39, 0.29) is 5.56 Å². The minimum absolute atomic E-state index is 0.122. The van der Waals surface area contributed by atoms with Gasteiger partial charge in [0.05, 0.1) is 18.9 Å². The van der Waals surface area contributed by atoms with Crippen molar-refractivity contribution in [2.75, 3.05) is 31.2 Å². The van der Waals surface area contributed by atoms with Crippen LogP contribution < -0.4 is 10.5 Å². The summed E-state index contributed by atoms with van der Waals surface area (Å²) in [5.41, 5.74) is 0.647. The number of thioether (sulfide) groups is 1. The Kier molecular flexibility index (Phi) is 5.02. The highest BCUT2D eigenvalue weighted by Crippen LogP contribution is 2.23. The zero-order valence-electron chi connectivity index (χ0n) is 11.9. The van der Waals surface area contributed by atoms with Crippen molar-refractivity contribution in [2.45, 2.75) is 10.6 Å². The van der Waals surface area contributed by atoms with E-state index in [1.54, 1.807) is 17.8 Å². The van der Waals surface area contributed by atoms with Gasteiger partial charge >= 0.3 is 0 Å². The second kappa shape index (κ2) is 7.17. The lowest BCUT2D eigenvalue weighted by Gasteiger charge is -2.27. The number of aromatic amines is 1. The van der Waals surface area contributed by atoms with E-state index in [2.05, 4.69) is 9.97 Å². The number of ether oxygens (including phenoxy) is 1. The summed E-state index contributed by atoms with van der Waals surface area (Å²) >= 11 is 7.50. The van der Waals surface area contributed by atoms with Gasteiger partial charge in [0, 0.05) is 34.8 Å². The summed E-state index contributed by atoms with van der Waals surface area (Å²) in [6, 6.07) is 9.18. The van der Waals surface area contributed by atoms with Crippen LogP contribution in [0.25, 0.3) is 0 Å². The minimum Gasteiger partial charge on any atom is -0.378 e. The molecule has 0 unspecified atom stereocenters. The van der Waals surface area contributed by atoms with Crippen molar-refractivity contribution < 1.29 is 4.74 Å². The molecule has 1 N–H and O–H groups in total. The van der Waals surface area contributed by atoms with Crippen LogP contribution in [-0.4, -0.2) is 36.3 Å². The molecule has 22 heavy (non-hydrogen) atoms. The molecule has 0 saturated carbocycles. The molecule has 3 rings (SSSR count). The zero-order valence-corrected chi connectivity index (χ0v) is 13.5. The molecule has 116 valence electrons. The van der Waals surface area contributed by atoms with Gasteiger partial charge in [-0.15, -0.1) is 11.8 Å². The molecule has 0 spiro atoms. The third-order valence-corrected chi connectivity index (χ3v) is 4.59. The molecule has 0 amide bonds. The van der Waals surface area contributed by atoms with Gasteiger partial charge in [-0.1, -0.05) is 11.6 Å². The quantitative estimate of drug-likeness (QED) is 0.869. The molecule has 7 heteroatoms. The summed E-state index contributed by atoms with van der Waals surface area (Å²) in [6.07, 6.45) is 0. The van der Waals surface area contributed by atoms with Gasteiger partial charge in [0.15, 0.2) is 0 Å². The third kappa shape index (κ3) is 4.03. The molecular formula is C15H16ClN3O2S. The Morgan fingerprint density at radius 2 is 2.00 bits per heavy atom. The van der Waals surface area contributed by atoms with E-state index >= 15 is 0 Å². The number of nitrogens with one attached hydrogen (secondary N) is 1. The monoisotopic (exact) mass is 337 g/mol. The van der Waals surface area contributed by atoms with Crippen LogP contribution in [0, 0.1) is 0 Å². The number of H-pyrrole nitrogens is 1. The van der Waals surface area contributed by atoms with Crippen LogP contribution in [-0.2, 0) is 10.5 Å². The second-order valence-electron chi connectivity index (χ2n) is 4.90. The van der Waals surface area contributed by atoms with Gasteiger partial charge in [0.2, 0.25) is 5.95 Å². The van der Waals surface area contributed by atoms with E-state index in [9.17, 15) is 4.79 Å². The zero-order chi connectivity index (χ0) is 15.4. The van der Waals surface area contributed by atoms with E-state index in [0.29, 0.717) is 29.9 Å². The van der Waals surface area contributed by atoms with Gasteiger partial charge < -0.3 is 9.64 Å². The molecular weight excluding hydrogens is 322 g/mol. The molecule has 0 atom stereocenters. The second-order valence-corrected chi connectivity index (χ2v) is 6.39. The lowest BCUT2D eigenvalue weighted by molar-refractivity contribution is 0.122. The van der Waals surface area contributed by atoms with Crippen molar-refractivity contribution in [1.29, 1.82) is 0 Å². The lowest BCUT2D eigenvalue weighted by Crippen LogP contribution is -2.38. The van der Waals surface area contributed by atoms with Crippen molar-refractivity contribution >= 4 is 29.3 Å². The summed E-state index contributed by atoms with van der Waals surface area (Å²) < 4.78 is 5.32. The summed E-state index contributed by atoms with van der Waals surface area (Å²) in [6.45, 7) is 2.81. The number of hydrogen-bond donors (Lipinski definition) is 1. The number of nitrogens with zero attached hydrogens (tertiary/aromatic N) is 2. The highest BCUT2D eigenvalue weighted by atomic mass is 35.5. The first kappa shape index (κ1) is 15.4. The number of aromatic nitrogens is 2. The third-order valence-electron chi connectivity index (χ3n) is 3.29. The smallest absolute Gasteiger partial charge is 0.252 e. The van der Waals surface area contributed by atoms with Crippen LogP contribution in [0.15, 0.2) is 40.0 Å². The fraction of sp³-hybridized carbons (Fsp3) is 0.333. The number of hydrogen-bond acceptors (Lipinski definition) is 5. The van der Waals surface area contributed by atoms with Gasteiger partial charge in [-0.05, 0) is 24.3 Å². The van der Waals surface area contributed by atoms with E-state index < -0.39 is 0 Å². The largest absolute Gasteiger partial charge is 0.378 e. The molecule has 0 radical (unpaired) electrons. The molecule has 5 nitrogen and oxygen atoms in total. The topological polar surface area (TPSA) is 58.2 Å². The van der Waals surface area contributed by atoms with Gasteiger partial charge in [-0.2, -0.15) is 0 Å². The van der Waals surface area contributed by atoms with Crippen LogP contribution >= 0.6 is 23.4 Å². The summed E-state index contributed by atoms with van der Waals surface area (Å²) in [7, 11) is 0. The average molecular weight is 338 g/mol. The Balaban J connectivity index is 1.71. The Morgan fingerprint density at radius 1 is 1.27 bits per heavy atom. The predicted molar refractivity (Wildman–Crippen MR) is 88.9 cm³/mol. The number of anilines is 1. The molecule has 1 aliphatic heterocycles. The van der Waals surface area contributed by atoms with E-state index in [4.69, 9.17) is 16.3 Å². The van der Waals surface area contributed by atoms with Gasteiger partial charge in [0.25, 0.3) is 5.56 Å². The van der Waals surface area contributed by atoms with Gasteiger partial charge in [-0.25, -0.2) is 4.98 Å². The summed E-state index contributed by atoms with van der Waals surface area (Å²) in [5, 5.41) is 0.716.